The topological polar surface area (TPSA) is 51.0 Å². The molecule has 0 saturated heterocycles. The van der Waals surface area contributed by atoms with Crippen LogP contribution < -0.4 is 5.32 Å². The summed E-state index contributed by atoms with van der Waals surface area (Å²) in [7, 11) is 0. The third-order valence-corrected chi connectivity index (χ3v) is 2.46. The number of benzene rings is 1. The first-order valence-corrected chi connectivity index (χ1v) is 5.97. The van der Waals surface area contributed by atoms with E-state index in [0.717, 1.165) is 12.1 Å². The Morgan fingerprint density at radius 3 is 2.58 bits per heavy atom. The van der Waals surface area contributed by atoms with Crippen molar-refractivity contribution in [1.29, 1.82) is 0 Å². The van der Waals surface area contributed by atoms with Crippen LogP contribution in [0.2, 0.25) is 0 Å². The van der Waals surface area contributed by atoms with Crippen LogP contribution in [0.5, 0.6) is 0 Å². The molecule has 0 bridgehead atoms. The van der Waals surface area contributed by atoms with Crippen LogP contribution in [0, 0.1) is 5.82 Å². The largest absolute Gasteiger partial charge is 0.339 e. The lowest BCUT2D eigenvalue weighted by atomic mass is 10.2. The molecule has 0 aliphatic carbocycles. The van der Waals surface area contributed by atoms with Crippen molar-refractivity contribution in [2.24, 2.45) is 0 Å². The normalized spacial score (nSPS) is 10.5. The molecule has 1 aromatic heterocycles. The molecule has 0 aliphatic heterocycles. The summed E-state index contributed by atoms with van der Waals surface area (Å²) in [6, 6.07) is 6.47. The summed E-state index contributed by atoms with van der Waals surface area (Å²) in [5.41, 5.74) is 0.753. The van der Waals surface area contributed by atoms with Gasteiger partial charge in [0.2, 0.25) is 11.7 Å². The van der Waals surface area contributed by atoms with E-state index in [4.69, 9.17) is 4.52 Å². The molecule has 1 heterocycles. The Morgan fingerprint density at radius 2 is 1.95 bits per heavy atom. The molecule has 0 spiro atoms. The zero-order valence-electron chi connectivity index (χ0n) is 10.9. The zero-order valence-corrected chi connectivity index (χ0v) is 11.7. The summed E-state index contributed by atoms with van der Waals surface area (Å²) in [5, 5.41) is 7.15. The van der Waals surface area contributed by atoms with E-state index in [1.807, 2.05) is 0 Å². The summed E-state index contributed by atoms with van der Waals surface area (Å²) in [6.07, 6.45) is 0.687. The molecule has 2 rings (SSSR count). The average Bonchev–Trinajstić information content (AvgIpc) is 2.78. The molecule has 1 N–H and O–H groups in total. The van der Waals surface area contributed by atoms with Crippen molar-refractivity contribution in [3.8, 4) is 11.4 Å². The summed E-state index contributed by atoms with van der Waals surface area (Å²) in [6.45, 7) is 4.96. The minimum atomic E-state index is -0.274. The third-order valence-electron chi connectivity index (χ3n) is 2.46. The van der Waals surface area contributed by atoms with Crippen LogP contribution in [0.4, 0.5) is 4.39 Å². The first kappa shape index (κ1) is 15.6. The number of hydrogen-bond donors (Lipinski definition) is 1. The van der Waals surface area contributed by atoms with Gasteiger partial charge in [-0.2, -0.15) is 4.98 Å². The molecule has 0 radical (unpaired) electrons. The van der Waals surface area contributed by atoms with Gasteiger partial charge in [0.15, 0.2) is 0 Å². The second-order valence-corrected chi connectivity index (χ2v) is 4.38. The maximum Gasteiger partial charge on any atom is 0.228 e. The Hall–Kier alpha value is -1.46. The first-order valence-electron chi connectivity index (χ1n) is 5.97. The van der Waals surface area contributed by atoms with Gasteiger partial charge < -0.3 is 9.84 Å². The maximum absolute atomic E-state index is 12.8. The highest BCUT2D eigenvalue weighted by Gasteiger charge is 2.08. The van der Waals surface area contributed by atoms with Gasteiger partial charge in [0.1, 0.15) is 5.82 Å². The Balaban J connectivity index is 0.00000180. The zero-order chi connectivity index (χ0) is 13.0. The van der Waals surface area contributed by atoms with Gasteiger partial charge in [0.25, 0.3) is 0 Å². The van der Waals surface area contributed by atoms with E-state index < -0.39 is 0 Å². The van der Waals surface area contributed by atoms with Gasteiger partial charge in [-0.3, -0.25) is 0 Å². The highest BCUT2D eigenvalue weighted by Crippen LogP contribution is 2.16. The maximum atomic E-state index is 12.8. The molecule has 1 aromatic carbocycles. The predicted octanol–water partition coefficient (Wildman–Crippen LogP) is 2.84. The van der Waals surface area contributed by atoms with Crippen molar-refractivity contribution in [2.75, 3.05) is 6.54 Å². The highest BCUT2D eigenvalue weighted by atomic mass is 35.5. The molecule has 0 fully saturated rings. The van der Waals surface area contributed by atoms with E-state index in [1.165, 1.54) is 12.1 Å². The van der Waals surface area contributed by atoms with E-state index in [1.54, 1.807) is 12.1 Å². The number of hydrogen-bond acceptors (Lipinski definition) is 4. The Labute approximate surface area is 117 Å². The molecule has 2 aromatic rings. The molecular formula is C13H17ClFN3O. The summed E-state index contributed by atoms with van der Waals surface area (Å²) in [4.78, 5) is 4.27. The van der Waals surface area contributed by atoms with E-state index >= 15 is 0 Å². The molecule has 0 saturated carbocycles. The van der Waals surface area contributed by atoms with E-state index in [9.17, 15) is 4.39 Å². The monoisotopic (exact) mass is 285 g/mol. The Morgan fingerprint density at radius 1 is 1.26 bits per heavy atom. The SMILES string of the molecule is CC(C)NCCc1nc(-c2ccc(F)cc2)no1.Cl. The van der Waals surface area contributed by atoms with E-state index in [0.29, 0.717) is 24.2 Å². The van der Waals surface area contributed by atoms with Crippen LogP contribution in [0.1, 0.15) is 19.7 Å². The molecule has 4 nitrogen and oxygen atoms in total. The number of nitrogens with one attached hydrogen (secondary N) is 1. The average molecular weight is 286 g/mol. The van der Waals surface area contributed by atoms with Crippen LogP contribution in [0.15, 0.2) is 28.8 Å². The summed E-state index contributed by atoms with van der Waals surface area (Å²) in [5.74, 6) is 0.806. The standard InChI is InChI=1S/C13H16FN3O.ClH/c1-9(2)15-8-7-12-16-13(17-18-12)10-3-5-11(14)6-4-10;/h3-6,9,15H,7-8H2,1-2H3;1H. The molecule has 104 valence electrons. The van der Waals surface area contributed by atoms with Gasteiger partial charge in [-0.1, -0.05) is 19.0 Å². The summed E-state index contributed by atoms with van der Waals surface area (Å²) >= 11 is 0. The number of aromatic nitrogens is 2. The lowest BCUT2D eigenvalue weighted by Gasteiger charge is -2.04. The fourth-order valence-corrected chi connectivity index (χ4v) is 1.54. The van der Waals surface area contributed by atoms with Crippen LogP contribution in [0.3, 0.4) is 0 Å². The second kappa shape index (κ2) is 7.21. The van der Waals surface area contributed by atoms with Gasteiger partial charge in [-0.05, 0) is 24.3 Å². The van der Waals surface area contributed by atoms with E-state index in [-0.39, 0.29) is 18.2 Å². The molecule has 0 amide bonds. The smallest absolute Gasteiger partial charge is 0.228 e. The van der Waals surface area contributed by atoms with Gasteiger partial charge in [-0.25, -0.2) is 4.39 Å². The van der Waals surface area contributed by atoms with E-state index in [2.05, 4.69) is 29.3 Å². The van der Waals surface area contributed by atoms with Crippen LogP contribution in [0.25, 0.3) is 11.4 Å². The predicted molar refractivity (Wildman–Crippen MR) is 73.8 cm³/mol. The Kier molecular flexibility index (Phi) is 5.92. The van der Waals surface area contributed by atoms with Crippen LogP contribution >= 0.6 is 12.4 Å². The van der Waals surface area contributed by atoms with Crippen molar-refractivity contribution in [2.45, 2.75) is 26.3 Å². The fourth-order valence-electron chi connectivity index (χ4n) is 1.54. The van der Waals surface area contributed by atoms with Gasteiger partial charge in [0.05, 0.1) is 0 Å². The molecule has 19 heavy (non-hydrogen) atoms. The number of halogens is 2. The van der Waals surface area contributed by atoms with Crippen LogP contribution in [-0.4, -0.2) is 22.7 Å². The molecule has 6 heteroatoms. The molecule has 0 aliphatic rings. The third kappa shape index (κ3) is 4.61. The number of rotatable bonds is 5. The van der Waals surface area contributed by atoms with Crippen molar-refractivity contribution in [3.05, 3.63) is 36.0 Å². The van der Waals surface area contributed by atoms with Crippen LogP contribution in [-0.2, 0) is 6.42 Å². The molecular weight excluding hydrogens is 269 g/mol. The minimum absolute atomic E-state index is 0. The Bertz CT molecular complexity index is 499. The fraction of sp³-hybridized carbons (Fsp3) is 0.385. The van der Waals surface area contributed by atoms with Gasteiger partial charge in [-0.15, -0.1) is 12.4 Å². The number of nitrogens with zero attached hydrogens (tertiary/aromatic N) is 2. The van der Waals surface area contributed by atoms with Crippen molar-refractivity contribution in [1.82, 2.24) is 15.5 Å². The lowest BCUT2D eigenvalue weighted by Crippen LogP contribution is -2.25. The minimum Gasteiger partial charge on any atom is -0.339 e. The van der Waals surface area contributed by atoms with Crippen molar-refractivity contribution < 1.29 is 8.91 Å². The second-order valence-electron chi connectivity index (χ2n) is 4.38. The summed E-state index contributed by atoms with van der Waals surface area (Å²) < 4.78 is 17.9. The highest BCUT2D eigenvalue weighted by molar-refractivity contribution is 5.85. The van der Waals surface area contributed by atoms with Gasteiger partial charge in [0, 0.05) is 24.6 Å². The van der Waals surface area contributed by atoms with Crippen molar-refractivity contribution in [3.63, 3.8) is 0 Å². The van der Waals surface area contributed by atoms with Crippen molar-refractivity contribution >= 4 is 12.4 Å². The molecule has 0 atom stereocenters. The van der Waals surface area contributed by atoms with Gasteiger partial charge >= 0.3 is 0 Å². The quantitative estimate of drug-likeness (QED) is 0.918. The first-order chi connectivity index (χ1) is 8.65. The molecule has 0 unspecified atom stereocenters. The lowest BCUT2D eigenvalue weighted by molar-refractivity contribution is 0.374.